The molecule has 104 valence electrons. The molecule has 0 aliphatic heterocycles. The molecule has 1 atom stereocenters. The van der Waals surface area contributed by atoms with Crippen molar-refractivity contribution in [3.8, 4) is 11.5 Å². The van der Waals surface area contributed by atoms with Gasteiger partial charge in [0.2, 0.25) is 0 Å². The van der Waals surface area contributed by atoms with Crippen LogP contribution in [0.1, 0.15) is 18.9 Å². The van der Waals surface area contributed by atoms with Crippen LogP contribution in [0.3, 0.4) is 0 Å². The van der Waals surface area contributed by atoms with Gasteiger partial charge in [0, 0.05) is 12.2 Å². The average molecular weight is 268 g/mol. The molecule has 20 heavy (non-hydrogen) atoms. The Balaban J connectivity index is 2.01. The van der Waals surface area contributed by atoms with E-state index in [1.165, 1.54) is 0 Å². The second-order valence-corrected chi connectivity index (χ2v) is 4.70. The lowest BCUT2D eigenvalue weighted by Crippen LogP contribution is -2.19. The standard InChI is InChI=1S/C17H20N2O/c1-14(18-2)7-6-8-15-11-17(13-19-12-15)20-16-9-4-3-5-10-16/h3-6,8-14,18H,7H2,1-2H3/b8-6+/t14-/m1/s1. The fourth-order valence-electron chi connectivity index (χ4n) is 1.73. The van der Waals surface area contributed by atoms with Gasteiger partial charge in [0.25, 0.3) is 0 Å². The molecule has 0 aliphatic carbocycles. The van der Waals surface area contributed by atoms with E-state index in [4.69, 9.17) is 4.74 Å². The van der Waals surface area contributed by atoms with Gasteiger partial charge in [-0.05, 0) is 44.2 Å². The van der Waals surface area contributed by atoms with Gasteiger partial charge in [-0.15, -0.1) is 0 Å². The number of nitrogens with zero attached hydrogens (tertiary/aromatic N) is 1. The van der Waals surface area contributed by atoms with E-state index in [-0.39, 0.29) is 0 Å². The minimum Gasteiger partial charge on any atom is -0.456 e. The summed E-state index contributed by atoms with van der Waals surface area (Å²) in [6, 6.07) is 12.2. The van der Waals surface area contributed by atoms with Crippen LogP contribution in [0.25, 0.3) is 6.08 Å². The maximum Gasteiger partial charge on any atom is 0.146 e. The molecule has 0 aliphatic rings. The van der Waals surface area contributed by atoms with Crippen molar-refractivity contribution in [3.63, 3.8) is 0 Å². The minimum absolute atomic E-state index is 0.475. The first-order chi connectivity index (χ1) is 9.78. The van der Waals surface area contributed by atoms with E-state index >= 15 is 0 Å². The van der Waals surface area contributed by atoms with Crippen LogP contribution in [0.5, 0.6) is 11.5 Å². The number of para-hydroxylation sites is 1. The predicted molar refractivity (Wildman–Crippen MR) is 82.9 cm³/mol. The highest BCUT2D eigenvalue weighted by molar-refractivity contribution is 5.50. The average Bonchev–Trinajstić information content (AvgIpc) is 2.48. The van der Waals surface area contributed by atoms with E-state index in [2.05, 4.69) is 29.4 Å². The quantitative estimate of drug-likeness (QED) is 0.863. The monoisotopic (exact) mass is 268 g/mol. The highest BCUT2D eigenvalue weighted by Crippen LogP contribution is 2.21. The van der Waals surface area contributed by atoms with E-state index in [0.29, 0.717) is 6.04 Å². The van der Waals surface area contributed by atoms with E-state index in [9.17, 15) is 0 Å². The Kier molecular flexibility index (Phi) is 5.33. The maximum atomic E-state index is 5.76. The molecule has 3 nitrogen and oxygen atoms in total. The lowest BCUT2D eigenvalue weighted by atomic mass is 10.2. The Morgan fingerprint density at radius 1 is 1.20 bits per heavy atom. The Morgan fingerprint density at radius 3 is 2.75 bits per heavy atom. The number of aromatic nitrogens is 1. The number of ether oxygens (including phenoxy) is 1. The number of benzene rings is 1. The van der Waals surface area contributed by atoms with Gasteiger partial charge in [0.05, 0.1) is 6.20 Å². The second-order valence-electron chi connectivity index (χ2n) is 4.70. The minimum atomic E-state index is 0.475. The van der Waals surface area contributed by atoms with E-state index in [1.54, 1.807) is 6.20 Å². The van der Waals surface area contributed by atoms with Gasteiger partial charge in [-0.2, -0.15) is 0 Å². The molecule has 0 radical (unpaired) electrons. The number of hydrogen-bond acceptors (Lipinski definition) is 3. The molecule has 1 N–H and O–H groups in total. The zero-order valence-corrected chi connectivity index (χ0v) is 11.9. The maximum absolute atomic E-state index is 5.76. The number of pyridine rings is 1. The molecule has 1 aromatic heterocycles. The van der Waals surface area contributed by atoms with Crippen LogP contribution in [-0.4, -0.2) is 18.1 Å². The van der Waals surface area contributed by atoms with Crippen molar-refractivity contribution in [2.24, 2.45) is 0 Å². The third-order valence-corrected chi connectivity index (χ3v) is 3.01. The zero-order valence-electron chi connectivity index (χ0n) is 11.9. The number of hydrogen-bond donors (Lipinski definition) is 1. The Bertz CT molecular complexity index is 552. The summed E-state index contributed by atoms with van der Waals surface area (Å²) < 4.78 is 5.76. The van der Waals surface area contributed by atoms with Crippen LogP contribution < -0.4 is 10.1 Å². The van der Waals surface area contributed by atoms with Gasteiger partial charge < -0.3 is 10.1 Å². The summed E-state index contributed by atoms with van der Waals surface area (Å²) >= 11 is 0. The first-order valence-corrected chi connectivity index (χ1v) is 6.79. The summed E-state index contributed by atoms with van der Waals surface area (Å²) in [7, 11) is 1.97. The van der Waals surface area contributed by atoms with Gasteiger partial charge in [-0.3, -0.25) is 4.98 Å². The fraction of sp³-hybridized carbons (Fsp3) is 0.235. The second kappa shape index (κ2) is 7.46. The molecule has 0 saturated carbocycles. The molecule has 1 aromatic carbocycles. The molecule has 1 heterocycles. The first-order valence-electron chi connectivity index (χ1n) is 6.79. The molecule has 0 unspecified atom stereocenters. The van der Waals surface area contributed by atoms with Gasteiger partial charge in [-0.1, -0.05) is 30.4 Å². The lowest BCUT2D eigenvalue weighted by Gasteiger charge is -2.06. The van der Waals surface area contributed by atoms with Crippen LogP contribution in [-0.2, 0) is 0 Å². The smallest absolute Gasteiger partial charge is 0.146 e. The van der Waals surface area contributed by atoms with Crippen LogP contribution in [0.2, 0.25) is 0 Å². The largest absolute Gasteiger partial charge is 0.456 e. The Morgan fingerprint density at radius 2 is 2.00 bits per heavy atom. The van der Waals surface area contributed by atoms with Crippen molar-refractivity contribution in [1.29, 1.82) is 0 Å². The molecule has 2 aromatic rings. The lowest BCUT2D eigenvalue weighted by molar-refractivity contribution is 0.480. The van der Waals surface area contributed by atoms with Crippen LogP contribution in [0, 0.1) is 0 Å². The first kappa shape index (κ1) is 14.3. The van der Waals surface area contributed by atoms with E-state index < -0.39 is 0 Å². The van der Waals surface area contributed by atoms with Crippen LogP contribution in [0.15, 0.2) is 54.9 Å². The van der Waals surface area contributed by atoms with Crippen molar-refractivity contribution in [1.82, 2.24) is 10.3 Å². The highest BCUT2D eigenvalue weighted by atomic mass is 16.5. The normalized spacial score (nSPS) is 12.5. The van der Waals surface area contributed by atoms with Crippen molar-refractivity contribution >= 4 is 6.08 Å². The molecular weight excluding hydrogens is 248 g/mol. The van der Waals surface area contributed by atoms with Crippen molar-refractivity contribution < 1.29 is 4.74 Å². The topological polar surface area (TPSA) is 34.2 Å². The van der Waals surface area contributed by atoms with Crippen LogP contribution in [0.4, 0.5) is 0 Å². The highest BCUT2D eigenvalue weighted by Gasteiger charge is 1.98. The van der Waals surface area contributed by atoms with Gasteiger partial charge >= 0.3 is 0 Å². The molecule has 3 heteroatoms. The van der Waals surface area contributed by atoms with Gasteiger partial charge in [0.15, 0.2) is 0 Å². The summed E-state index contributed by atoms with van der Waals surface area (Å²) in [6.07, 6.45) is 8.75. The third-order valence-electron chi connectivity index (χ3n) is 3.01. The molecular formula is C17H20N2O. The summed E-state index contributed by atoms with van der Waals surface area (Å²) in [6.45, 7) is 2.15. The SMILES string of the molecule is CN[C@H](C)C/C=C/c1cncc(Oc2ccccc2)c1. The van der Waals surface area contributed by atoms with E-state index in [1.807, 2.05) is 49.6 Å². The van der Waals surface area contributed by atoms with Crippen molar-refractivity contribution in [2.45, 2.75) is 19.4 Å². The Labute approximate surface area is 120 Å². The van der Waals surface area contributed by atoms with Crippen LogP contribution >= 0.6 is 0 Å². The van der Waals surface area contributed by atoms with E-state index in [0.717, 1.165) is 23.5 Å². The summed E-state index contributed by atoms with van der Waals surface area (Å²) in [5, 5.41) is 3.20. The molecule has 2 rings (SSSR count). The predicted octanol–water partition coefficient (Wildman–Crippen LogP) is 3.89. The molecule has 0 bridgehead atoms. The van der Waals surface area contributed by atoms with Crippen molar-refractivity contribution in [3.05, 3.63) is 60.4 Å². The van der Waals surface area contributed by atoms with Crippen molar-refractivity contribution in [2.75, 3.05) is 7.05 Å². The third kappa shape index (κ3) is 4.52. The summed E-state index contributed by atoms with van der Waals surface area (Å²) in [4.78, 5) is 4.21. The molecule has 0 spiro atoms. The molecule has 0 amide bonds. The fourth-order valence-corrected chi connectivity index (χ4v) is 1.73. The summed E-state index contributed by atoms with van der Waals surface area (Å²) in [5.74, 6) is 1.57. The zero-order chi connectivity index (χ0) is 14.2. The molecule has 0 saturated heterocycles. The summed E-state index contributed by atoms with van der Waals surface area (Å²) in [5.41, 5.74) is 1.04. The number of rotatable bonds is 6. The van der Waals surface area contributed by atoms with Gasteiger partial charge in [0.1, 0.15) is 11.5 Å². The Hall–Kier alpha value is -2.13. The molecule has 0 fully saturated rings. The van der Waals surface area contributed by atoms with Gasteiger partial charge in [-0.25, -0.2) is 0 Å². The number of nitrogens with one attached hydrogen (secondary N) is 1.